The van der Waals surface area contributed by atoms with Gasteiger partial charge in [0.25, 0.3) is 0 Å². The van der Waals surface area contributed by atoms with E-state index in [-0.39, 0.29) is 33.8 Å². The van der Waals surface area contributed by atoms with Crippen molar-refractivity contribution in [2.75, 3.05) is 0 Å². The van der Waals surface area contributed by atoms with E-state index in [1.54, 1.807) is 0 Å². The Kier molecular flexibility index (Phi) is 4.33. The number of carbonyl (C=O) groups is 1. The van der Waals surface area contributed by atoms with E-state index in [0.29, 0.717) is 0 Å². The number of carboxylic acid groups (broad SMARTS) is 1. The molecular weight excluding hydrogens is 238 g/mol. The number of phenolic OH excluding ortho intramolecular Hbond substituents is 1. The fourth-order valence-electron chi connectivity index (χ4n) is 0.738. The highest BCUT2D eigenvalue weighted by atomic mass is 35.5. The highest BCUT2D eigenvalue weighted by Gasteiger charge is 2.16. The van der Waals surface area contributed by atoms with E-state index >= 15 is 0 Å². The third kappa shape index (κ3) is 2.40. The van der Waals surface area contributed by atoms with Crippen LogP contribution in [-0.4, -0.2) is 16.2 Å². The van der Waals surface area contributed by atoms with Gasteiger partial charge in [0, 0.05) is 0 Å². The van der Waals surface area contributed by atoms with Crippen LogP contribution in [0.3, 0.4) is 0 Å². The fraction of sp³-hybridized carbons (Fsp3) is 0. The molecule has 0 amide bonds. The molecule has 2 N–H and O–H groups in total. The number of aromatic carboxylic acids is 1. The zero-order chi connectivity index (χ0) is 9.30. The second-order valence-corrected chi connectivity index (χ2v) is 2.85. The molecule has 0 bridgehead atoms. The van der Waals surface area contributed by atoms with Gasteiger partial charge in [-0.2, -0.15) is 0 Å². The Labute approximate surface area is 90.3 Å². The van der Waals surface area contributed by atoms with Crippen LogP contribution in [-0.2, 0) is 0 Å². The maximum atomic E-state index is 10.5. The molecule has 0 aliphatic heterocycles. The van der Waals surface area contributed by atoms with Gasteiger partial charge in [-0.05, 0) is 12.1 Å². The Bertz CT molecular complexity index is 338. The molecule has 72 valence electrons. The van der Waals surface area contributed by atoms with Gasteiger partial charge in [-0.25, -0.2) is 4.79 Å². The molecule has 0 spiro atoms. The van der Waals surface area contributed by atoms with Crippen molar-refractivity contribution in [3.8, 4) is 5.75 Å². The van der Waals surface area contributed by atoms with Gasteiger partial charge in [0.2, 0.25) is 0 Å². The van der Waals surface area contributed by atoms with Gasteiger partial charge in [-0.15, -0.1) is 12.4 Å². The van der Waals surface area contributed by atoms with Crippen LogP contribution in [0.15, 0.2) is 12.1 Å². The number of hydrogen-bond acceptors (Lipinski definition) is 2. The summed E-state index contributed by atoms with van der Waals surface area (Å²) in [6, 6.07) is 2.50. The first-order valence-corrected chi connectivity index (χ1v) is 3.70. The van der Waals surface area contributed by atoms with Gasteiger partial charge >= 0.3 is 5.97 Å². The van der Waals surface area contributed by atoms with Crippen LogP contribution < -0.4 is 0 Å². The van der Waals surface area contributed by atoms with Gasteiger partial charge in [0.05, 0.1) is 10.0 Å². The maximum Gasteiger partial charge on any atom is 0.338 e. The number of benzene rings is 1. The van der Waals surface area contributed by atoms with E-state index in [1.807, 2.05) is 0 Å². The standard InChI is InChI=1S/C7H4Cl2O3.ClH/c8-3-1-2-4(10)6(9)5(3)7(11)12;/h1-2,10H,(H,11,12);1H. The van der Waals surface area contributed by atoms with Crippen molar-refractivity contribution in [1.29, 1.82) is 0 Å². The number of rotatable bonds is 1. The highest BCUT2D eigenvalue weighted by molar-refractivity contribution is 6.40. The molecule has 0 atom stereocenters. The average molecular weight is 243 g/mol. The lowest BCUT2D eigenvalue weighted by Crippen LogP contribution is -1.98. The smallest absolute Gasteiger partial charge is 0.338 e. The Morgan fingerprint density at radius 3 is 2.23 bits per heavy atom. The second-order valence-electron chi connectivity index (χ2n) is 2.06. The zero-order valence-corrected chi connectivity index (χ0v) is 8.45. The molecular formula is C7H5Cl3O3. The van der Waals surface area contributed by atoms with E-state index in [2.05, 4.69) is 0 Å². The first-order valence-electron chi connectivity index (χ1n) is 2.94. The summed E-state index contributed by atoms with van der Waals surface area (Å²) in [6.45, 7) is 0. The molecule has 1 aromatic rings. The predicted octanol–water partition coefficient (Wildman–Crippen LogP) is 2.82. The van der Waals surface area contributed by atoms with Crippen molar-refractivity contribution in [1.82, 2.24) is 0 Å². The summed E-state index contributed by atoms with van der Waals surface area (Å²) in [5.41, 5.74) is -0.279. The second kappa shape index (κ2) is 4.56. The summed E-state index contributed by atoms with van der Waals surface area (Å²) in [7, 11) is 0. The molecule has 1 aromatic carbocycles. The van der Waals surface area contributed by atoms with E-state index < -0.39 is 5.97 Å². The van der Waals surface area contributed by atoms with Crippen LogP contribution in [0.25, 0.3) is 0 Å². The quantitative estimate of drug-likeness (QED) is 0.797. The van der Waals surface area contributed by atoms with E-state index in [9.17, 15) is 4.79 Å². The van der Waals surface area contributed by atoms with E-state index in [1.165, 1.54) is 12.1 Å². The molecule has 0 aliphatic carbocycles. The Morgan fingerprint density at radius 2 is 1.85 bits per heavy atom. The third-order valence-corrected chi connectivity index (χ3v) is 1.98. The lowest BCUT2D eigenvalue weighted by Gasteiger charge is -2.02. The minimum atomic E-state index is -1.26. The van der Waals surface area contributed by atoms with Crippen LogP contribution in [0.2, 0.25) is 10.0 Å². The van der Waals surface area contributed by atoms with Gasteiger partial charge in [-0.1, -0.05) is 23.2 Å². The summed E-state index contributed by atoms with van der Waals surface area (Å²) < 4.78 is 0. The lowest BCUT2D eigenvalue weighted by atomic mass is 10.2. The highest BCUT2D eigenvalue weighted by Crippen LogP contribution is 2.32. The van der Waals surface area contributed by atoms with Crippen molar-refractivity contribution in [3.63, 3.8) is 0 Å². The van der Waals surface area contributed by atoms with Crippen LogP contribution in [0, 0.1) is 0 Å². The molecule has 1 rings (SSSR count). The largest absolute Gasteiger partial charge is 0.506 e. The molecule has 3 nitrogen and oxygen atoms in total. The van der Waals surface area contributed by atoms with E-state index in [4.69, 9.17) is 33.4 Å². The molecule has 0 fully saturated rings. The van der Waals surface area contributed by atoms with Gasteiger partial charge in [-0.3, -0.25) is 0 Å². The van der Waals surface area contributed by atoms with Gasteiger partial charge in [0.15, 0.2) is 0 Å². The summed E-state index contributed by atoms with van der Waals surface area (Å²) in [6.07, 6.45) is 0. The molecule has 13 heavy (non-hydrogen) atoms. The van der Waals surface area contributed by atoms with Crippen molar-refractivity contribution in [2.45, 2.75) is 0 Å². The Hall–Kier alpha value is -0.640. The minimum Gasteiger partial charge on any atom is -0.506 e. The topological polar surface area (TPSA) is 57.5 Å². The molecule has 0 aromatic heterocycles. The predicted molar refractivity (Wildman–Crippen MR) is 52.3 cm³/mol. The number of aromatic hydroxyl groups is 1. The number of phenols is 1. The number of carboxylic acids is 1. The molecule has 0 saturated heterocycles. The molecule has 0 aliphatic rings. The van der Waals surface area contributed by atoms with Crippen molar-refractivity contribution < 1.29 is 15.0 Å². The van der Waals surface area contributed by atoms with Crippen LogP contribution >= 0.6 is 35.6 Å². The first-order chi connectivity index (χ1) is 5.54. The fourth-order valence-corrected chi connectivity index (χ4v) is 1.27. The van der Waals surface area contributed by atoms with Crippen molar-refractivity contribution >= 4 is 41.6 Å². The van der Waals surface area contributed by atoms with Crippen LogP contribution in [0.1, 0.15) is 10.4 Å². The van der Waals surface area contributed by atoms with Gasteiger partial charge in [0.1, 0.15) is 11.3 Å². The average Bonchev–Trinajstić information content (AvgIpc) is 1.97. The van der Waals surface area contributed by atoms with Crippen LogP contribution in [0.5, 0.6) is 5.75 Å². The maximum absolute atomic E-state index is 10.5. The third-order valence-electron chi connectivity index (χ3n) is 1.28. The molecule has 6 heteroatoms. The molecule has 0 saturated carbocycles. The molecule has 0 radical (unpaired) electrons. The lowest BCUT2D eigenvalue weighted by molar-refractivity contribution is 0.0697. The molecule has 0 unspecified atom stereocenters. The van der Waals surface area contributed by atoms with Crippen molar-refractivity contribution in [3.05, 3.63) is 27.7 Å². The van der Waals surface area contributed by atoms with Crippen molar-refractivity contribution in [2.24, 2.45) is 0 Å². The normalized spacial score (nSPS) is 9.08. The Balaban J connectivity index is 0.00000144. The monoisotopic (exact) mass is 242 g/mol. The summed E-state index contributed by atoms with van der Waals surface area (Å²) in [4.78, 5) is 10.5. The van der Waals surface area contributed by atoms with E-state index in [0.717, 1.165) is 0 Å². The SMILES string of the molecule is Cl.O=C(O)c1c(Cl)ccc(O)c1Cl. The van der Waals surface area contributed by atoms with Crippen LogP contribution in [0.4, 0.5) is 0 Å². The minimum absolute atomic E-state index is 0. The summed E-state index contributed by atoms with van der Waals surface area (Å²) in [5.74, 6) is -1.56. The zero-order valence-electron chi connectivity index (χ0n) is 6.12. The number of hydrogen-bond donors (Lipinski definition) is 2. The first kappa shape index (κ1) is 12.4. The Morgan fingerprint density at radius 1 is 1.31 bits per heavy atom. The molecule has 0 heterocycles. The summed E-state index contributed by atoms with van der Waals surface area (Å²) >= 11 is 11.0. The number of halogens is 3. The summed E-state index contributed by atoms with van der Waals surface area (Å²) in [5, 5.41) is 17.4. The van der Waals surface area contributed by atoms with Gasteiger partial charge < -0.3 is 10.2 Å².